The van der Waals surface area contributed by atoms with Crippen molar-refractivity contribution >= 4 is 0 Å². The Morgan fingerprint density at radius 3 is 2.42 bits per heavy atom. The number of nitrogens with zero attached hydrogens (tertiary/aromatic N) is 2. The quantitative estimate of drug-likeness (QED) is 0.919. The minimum Gasteiger partial charge on any atom is -0.335 e. The van der Waals surface area contributed by atoms with Crippen molar-refractivity contribution in [2.24, 2.45) is 12.8 Å². The second-order valence-electron chi connectivity index (χ2n) is 5.24. The maximum atomic E-state index is 5.65. The predicted octanol–water partition coefficient (Wildman–Crippen LogP) is 2.82. The van der Waals surface area contributed by atoms with Crippen LogP contribution in [0.1, 0.15) is 28.2 Å². The van der Waals surface area contributed by atoms with Gasteiger partial charge < -0.3 is 10.3 Å². The van der Waals surface area contributed by atoms with Crippen LogP contribution in [0.3, 0.4) is 0 Å². The summed E-state index contributed by atoms with van der Waals surface area (Å²) in [5, 5.41) is 0. The van der Waals surface area contributed by atoms with Gasteiger partial charge in [-0.25, -0.2) is 4.98 Å². The second kappa shape index (κ2) is 5.17. The summed E-state index contributed by atoms with van der Waals surface area (Å²) in [6.45, 7) is 9.26. The Labute approximate surface area is 115 Å². The molecule has 0 radical (unpaired) electrons. The Kier molecular flexibility index (Phi) is 3.76. The van der Waals surface area contributed by atoms with Crippen LogP contribution in [0.5, 0.6) is 0 Å². The van der Waals surface area contributed by atoms with Gasteiger partial charge in [-0.3, -0.25) is 0 Å². The average Bonchev–Trinajstić information content (AvgIpc) is 2.65. The van der Waals surface area contributed by atoms with Crippen LogP contribution in [-0.4, -0.2) is 16.1 Å². The molecule has 0 aliphatic heterocycles. The van der Waals surface area contributed by atoms with Gasteiger partial charge in [0, 0.05) is 24.7 Å². The van der Waals surface area contributed by atoms with Gasteiger partial charge >= 0.3 is 0 Å². The Balaban J connectivity index is 2.60. The van der Waals surface area contributed by atoms with Crippen molar-refractivity contribution in [3.05, 3.63) is 40.3 Å². The number of rotatable bonds is 3. The Morgan fingerprint density at radius 2 is 1.79 bits per heavy atom. The van der Waals surface area contributed by atoms with Crippen molar-refractivity contribution < 1.29 is 0 Å². The Hall–Kier alpha value is -1.61. The first kappa shape index (κ1) is 13.8. The maximum absolute atomic E-state index is 5.65. The third-order valence-corrected chi connectivity index (χ3v) is 4.15. The molecule has 0 aliphatic rings. The molecule has 1 aromatic heterocycles. The highest BCUT2D eigenvalue weighted by Crippen LogP contribution is 2.29. The van der Waals surface area contributed by atoms with Gasteiger partial charge in [-0.2, -0.15) is 0 Å². The first-order chi connectivity index (χ1) is 8.97. The van der Waals surface area contributed by atoms with Gasteiger partial charge in [0.1, 0.15) is 5.82 Å². The maximum Gasteiger partial charge on any atom is 0.110 e. The smallest absolute Gasteiger partial charge is 0.110 e. The van der Waals surface area contributed by atoms with E-state index in [4.69, 9.17) is 10.7 Å². The van der Waals surface area contributed by atoms with Crippen molar-refractivity contribution in [2.45, 2.75) is 34.1 Å². The molecule has 0 saturated carbocycles. The molecule has 0 atom stereocenters. The molecule has 19 heavy (non-hydrogen) atoms. The molecule has 0 bridgehead atoms. The van der Waals surface area contributed by atoms with Crippen molar-refractivity contribution in [3.8, 4) is 11.3 Å². The molecular weight excluding hydrogens is 234 g/mol. The lowest BCUT2D eigenvalue weighted by atomic mass is 9.96. The van der Waals surface area contributed by atoms with Gasteiger partial charge in [0.15, 0.2) is 0 Å². The van der Waals surface area contributed by atoms with E-state index in [0.717, 1.165) is 17.9 Å². The normalized spacial score (nSPS) is 11.1. The molecule has 0 aliphatic carbocycles. The summed E-state index contributed by atoms with van der Waals surface area (Å²) in [6.07, 6.45) is 0.821. The number of imidazole rings is 1. The molecule has 1 aromatic carbocycles. The number of nitrogens with two attached hydrogens (primary N) is 1. The number of benzene rings is 1. The van der Waals surface area contributed by atoms with Crippen LogP contribution < -0.4 is 5.73 Å². The molecule has 0 unspecified atom stereocenters. The first-order valence-electron chi connectivity index (χ1n) is 6.76. The van der Waals surface area contributed by atoms with E-state index in [2.05, 4.69) is 51.4 Å². The summed E-state index contributed by atoms with van der Waals surface area (Å²) < 4.78 is 2.15. The van der Waals surface area contributed by atoms with E-state index >= 15 is 0 Å². The lowest BCUT2D eigenvalue weighted by Crippen LogP contribution is -2.08. The molecular formula is C16H23N3. The molecule has 3 heteroatoms. The Bertz CT molecular complexity index is 609. The molecule has 2 aromatic rings. The summed E-state index contributed by atoms with van der Waals surface area (Å²) in [5.74, 6) is 1.06. The van der Waals surface area contributed by atoms with Crippen LogP contribution in [-0.2, 0) is 13.5 Å². The van der Waals surface area contributed by atoms with Crippen LogP contribution in [0.15, 0.2) is 12.1 Å². The second-order valence-corrected chi connectivity index (χ2v) is 5.24. The summed E-state index contributed by atoms with van der Waals surface area (Å²) in [5.41, 5.74) is 13.2. The Morgan fingerprint density at radius 1 is 1.11 bits per heavy atom. The van der Waals surface area contributed by atoms with Gasteiger partial charge in [-0.15, -0.1) is 0 Å². The third-order valence-electron chi connectivity index (χ3n) is 4.15. The summed E-state index contributed by atoms with van der Waals surface area (Å²) in [7, 11) is 2.06. The number of aromatic nitrogens is 2. The zero-order valence-electron chi connectivity index (χ0n) is 12.5. The number of hydrogen-bond donors (Lipinski definition) is 1. The van der Waals surface area contributed by atoms with Crippen LogP contribution in [0, 0.1) is 27.7 Å². The van der Waals surface area contributed by atoms with E-state index < -0.39 is 0 Å². The van der Waals surface area contributed by atoms with E-state index in [1.165, 1.54) is 27.9 Å². The minimum atomic E-state index is 0.635. The van der Waals surface area contributed by atoms with Crippen molar-refractivity contribution in [1.29, 1.82) is 0 Å². The van der Waals surface area contributed by atoms with E-state index in [0.29, 0.717) is 6.54 Å². The number of aryl methyl sites for hydroxylation is 1. The van der Waals surface area contributed by atoms with Gasteiger partial charge in [-0.05, 0) is 50.9 Å². The van der Waals surface area contributed by atoms with Crippen molar-refractivity contribution in [3.63, 3.8) is 0 Å². The topological polar surface area (TPSA) is 43.8 Å². The van der Waals surface area contributed by atoms with E-state index in [1.54, 1.807) is 0 Å². The summed E-state index contributed by atoms with van der Waals surface area (Å²) >= 11 is 0. The highest BCUT2D eigenvalue weighted by Gasteiger charge is 2.15. The van der Waals surface area contributed by atoms with E-state index in [-0.39, 0.29) is 0 Å². The fourth-order valence-electron chi connectivity index (χ4n) is 2.46. The zero-order valence-corrected chi connectivity index (χ0v) is 12.5. The highest BCUT2D eigenvalue weighted by molar-refractivity contribution is 5.68. The van der Waals surface area contributed by atoms with Crippen LogP contribution >= 0.6 is 0 Å². The SMILES string of the molecule is Cc1ccc(-c2nc(CCN)n(C)c2C)c(C)c1C. The molecule has 0 amide bonds. The molecule has 2 N–H and O–H groups in total. The molecule has 1 heterocycles. The van der Waals surface area contributed by atoms with Gasteiger partial charge in [0.05, 0.1) is 5.69 Å². The predicted molar refractivity (Wildman–Crippen MR) is 80.4 cm³/mol. The minimum absolute atomic E-state index is 0.635. The van der Waals surface area contributed by atoms with Crippen LogP contribution in [0.25, 0.3) is 11.3 Å². The van der Waals surface area contributed by atoms with Gasteiger partial charge in [0.25, 0.3) is 0 Å². The van der Waals surface area contributed by atoms with Gasteiger partial charge in [0.2, 0.25) is 0 Å². The third kappa shape index (κ3) is 2.30. The zero-order chi connectivity index (χ0) is 14.2. The van der Waals surface area contributed by atoms with Crippen LogP contribution in [0.2, 0.25) is 0 Å². The fraction of sp³-hybridized carbons (Fsp3) is 0.438. The first-order valence-corrected chi connectivity index (χ1v) is 6.76. The van der Waals surface area contributed by atoms with E-state index in [9.17, 15) is 0 Å². The summed E-state index contributed by atoms with van der Waals surface area (Å²) in [4.78, 5) is 4.78. The lowest BCUT2D eigenvalue weighted by Gasteiger charge is -2.10. The molecule has 0 spiro atoms. The summed E-state index contributed by atoms with van der Waals surface area (Å²) in [6, 6.07) is 4.35. The fourth-order valence-corrected chi connectivity index (χ4v) is 2.46. The van der Waals surface area contributed by atoms with E-state index in [1.807, 2.05) is 0 Å². The molecule has 102 valence electrons. The molecule has 0 fully saturated rings. The standard InChI is InChI=1S/C16H23N3/c1-10-6-7-14(12(3)11(10)2)16-13(4)19(5)15(18-16)8-9-17/h6-7H,8-9,17H2,1-5H3. The molecule has 3 nitrogen and oxygen atoms in total. The number of hydrogen-bond acceptors (Lipinski definition) is 2. The van der Waals surface area contributed by atoms with Crippen molar-refractivity contribution in [2.75, 3.05) is 6.54 Å². The molecule has 2 rings (SSSR count). The highest BCUT2D eigenvalue weighted by atomic mass is 15.1. The largest absolute Gasteiger partial charge is 0.335 e. The lowest BCUT2D eigenvalue weighted by molar-refractivity contribution is 0.761. The van der Waals surface area contributed by atoms with Crippen molar-refractivity contribution in [1.82, 2.24) is 9.55 Å². The van der Waals surface area contributed by atoms with Gasteiger partial charge in [-0.1, -0.05) is 12.1 Å². The monoisotopic (exact) mass is 257 g/mol. The molecule has 0 saturated heterocycles. The van der Waals surface area contributed by atoms with Crippen LogP contribution in [0.4, 0.5) is 0 Å². The average molecular weight is 257 g/mol.